The molecule has 1 fully saturated rings. The maximum atomic E-state index is 11.7. The number of hydrogen-bond donors (Lipinski definition) is 0. The summed E-state index contributed by atoms with van der Waals surface area (Å²) in [6.45, 7) is 4.65. The van der Waals surface area contributed by atoms with Gasteiger partial charge in [0.25, 0.3) is 0 Å². The Kier molecular flexibility index (Phi) is 3.52. The molecule has 1 aliphatic rings. The maximum absolute atomic E-state index is 11.7. The molecule has 0 aromatic heterocycles. The van der Waals surface area contributed by atoms with Crippen LogP contribution in [0.5, 0.6) is 5.75 Å². The molecule has 1 aromatic carbocycles. The monoisotopic (exact) mass is 234 g/mol. The number of anilines is 1. The standard InChI is InChI=1S/C13H18N2O2/c1-3-17-12-7-5-4-6-11(12)15-9-8-14(2)13(16)10-15/h4-7H,3,8-10H2,1-2H3. The molecule has 1 amide bonds. The Labute approximate surface area is 102 Å². The van der Waals surface area contributed by atoms with E-state index in [4.69, 9.17) is 4.74 Å². The van der Waals surface area contributed by atoms with Crippen molar-refractivity contribution in [1.29, 1.82) is 0 Å². The number of piperazine rings is 1. The van der Waals surface area contributed by atoms with Gasteiger partial charge in [0.15, 0.2) is 0 Å². The minimum atomic E-state index is 0.155. The van der Waals surface area contributed by atoms with Gasteiger partial charge in [-0.05, 0) is 19.1 Å². The largest absolute Gasteiger partial charge is 0.492 e. The average molecular weight is 234 g/mol. The van der Waals surface area contributed by atoms with Gasteiger partial charge < -0.3 is 14.5 Å². The fourth-order valence-corrected chi connectivity index (χ4v) is 1.96. The molecule has 1 saturated heterocycles. The van der Waals surface area contributed by atoms with E-state index >= 15 is 0 Å². The summed E-state index contributed by atoms with van der Waals surface area (Å²) in [4.78, 5) is 15.5. The minimum Gasteiger partial charge on any atom is -0.492 e. The molecule has 0 saturated carbocycles. The second-order valence-electron chi connectivity index (χ2n) is 4.14. The summed E-state index contributed by atoms with van der Waals surface area (Å²) in [6.07, 6.45) is 0. The lowest BCUT2D eigenvalue weighted by molar-refractivity contribution is -0.129. The van der Waals surface area contributed by atoms with Gasteiger partial charge in [0.05, 0.1) is 18.8 Å². The zero-order chi connectivity index (χ0) is 12.3. The van der Waals surface area contributed by atoms with Gasteiger partial charge in [-0.1, -0.05) is 12.1 Å². The van der Waals surface area contributed by atoms with E-state index in [-0.39, 0.29) is 5.91 Å². The molecule has 4 nitrogen and oxygen atoms in total. The van der Waals surface area contributed by atoms with E-state index in [0.717, 1.165) is 24.5 Å². The number of rotatable bonds is 3. The topological polar surface area (TPSA) is 32.8 Å². The van der Waals surface area contributed by atoms with E-state index in [1.807, 2.05) is 38.2 Å². The van der Waals surface area contributed by atoms with Crippen LogP contribution < -0.4 is 9.64 Å². The van der Waals surface area contributed by atoms with E-state index in [1.54, 1.807) is 4.90 Å². The number of likely N-dealkylation sites (N-methyl/N-ethyl adjacent to an activating group) is 1. The fourth-order valence-electron chi connectivity index (χ4n) is 1.96. The number of benzene rings is 1. The summed E-state index contributed by atoms with van der Waals surface area (Å²) >= 11 is 0. The van der Waals surface area contributed by atoms with E-state index in [2.05, 4.69) is 4.90 Å². The summed E-state index contributed by atoms with van der Waals surface area (Å²) in [6, 6.07) is 7.87. The van der Waals surface area contributed by atoms with Crippen molar-refractivity contribution < 1.29 is 9.53 Å². The molecule has 1 heterocycles. The first-order chi connectivity index (χ1) is 8.22. The molecule has 0 aliphatic carbocycles. The van der Waals surface area contributed by atoms with Gasteiger partial charge in [-0.15, -0.1) is 0 Å². The van der Waals surface area contributed by atoms with E-state index in [1.165, 1.54) is 0 Å². The third kappa shape index (κ3) is 2.52. The summed E-state index contributed by atoms with van der Waals surface area (Å²) < 4.78 is 5.59. The van der Waals surface area contributed by atoms with Crippen molar-refractivity contribution in [3.8, 4) is 5.75 Å². The molecule has 4 heteroatoms. The molecule has 1 aliphatic heterocycles. The number of carbonyl (C=O) groups is 1. The predicted molar refractivity (Wildman–Crippen MR) is 67.5 cm³/mol. The van der Waals surface area contributed by atoms with Gasteiger partial charge >= 0.3 is 0 Å². The first kappa shape index (κ1) is 11.8. The molecular weight excluding hydrogens is 216 g/mol. The normalized spacial score (nSPS) is 16.2. The molecular formula is C13H18N2O2. The number of nitrogens with zero attached hydrogens (tertiary/aromatic N) is 2. The molecule has 0 unspecified atom stereocenters. The van der Waals surface area contributed by atoms with Crippen molar-refractivity contribution >= 4 is 11.6 Å². The summed E-state index contributed by atoms with van der Waals surface area (Å²) in [5, 5.41) is 0. The highest BCUT2D eigenvalue weighted by Crippen LogP contribution is 2.28. The number of amides is 1. The summed E-state index contributed by atoms with van der Waals surface area (Å²) in [5.74, 6) is 1.01. The van der Waals surface area contributed by atoms with E-state index in [0.29, 0.717) is 13.2 Å². The average Bonchev–Trinajstić information content (AvgIpc) is 2.34. The summed E-state index contributed by atoms with van der Waals surface area (Å²) in [5.41, 5.74) is 1.01. The third-order valence-corrected chi connectivity index (χ3v) is 2.96. The Hall–Kier alpha value is -1.71. The molecule has 1 aromatic rings. The van der Waals surface area contributed by atoms with Crippen molar-refractivity contribution in [3.05, 3.63) is 24.3 Å². The zero-order valence-electron chi connectivity index (χ0n) is 10.3. The van der Waals surface area contributed by atoms with Crippen LogP contribution >= 0.6 is 0 Å². The molecule has 92 valence electrons. The number of ether oxygens (including phenoxy) is 1. The zero-order valence-corrected chi connectivity index (χ0v) is 10.3. The van der Waals surface area contributed by atoms with Crippen LogP contribution in [0.1, 0.15) is 6.92 Å². The molecule has 0 spiro atoms. The lowest BCUT2D eigenvalue weighted by Gasteiger charge is -2.34. The number of carbonyl (C=O) groups excluding carboxylic acids is 1. The van der Waals surface area contributed by atoms with Crippen molar-refractivity contribution in [3.63, 3.8) is 0 Å². The van der Waals surface area contributed by atoms with Crippen LogP contribution in [0.15, 0.2) is 24.3 Å². The fraction of sp³-hybridized carbons (Fsp3) is 0.462. The van der Waals surface area contributed by atoms with Crippen LogP contribution in [0.4, 0.5) is 5.69 Å². The first-order valence-electron chi connectivity index (χ1n) is 5.93. The number of hydrogen-bond acceptors (Lipinski definition) is 3. The Bertz CT molecular complexity index is 406. The molecule has 17 heavy (non-hydrogen) atoms. The second-order valence-corrected chi connectivity index (χ2v) is 4.14. The summed E-state index contributed by atoms with van der Waals surface area (Å²) in [7, 11) is 1.84. The van der Waals surface area contributed by atoms with Gasteiger partial charge in [0.2, 0.25) is 5.91 Å². The molecule has 0 N–H and O–H groups in total. The van der Waals surface area contributed by atoms with Crippen molar-refractivity contribution in [2.75, 3.05) is 38.2 Å². The van der Waals surface area contributed by atoms with E-state index in [9.17, 15) is 4.79 Å². The van der Waals surface area contributed by atoms with Gasteiger partial charge in [0.1, 0.15) is 5.75 Å². The van der Waals surface area contributed by atoms with Crippen LogP contribution in [-0.4, -0.2) is 44.1 Å². The van der Waals surface area contributed by atoms with Crippen LogP contribution in [0.3, 0.4) is 0 Å². The highest BCUT2D eigenvalue weighted by molar-refractivity contribution is 5.83. The Morgan fingerprint density at radius 1 is 1.29 bits per heavy atom. The lowest BCUT2D eigenvalue weighted by Crippen LogP contribution is -2.48. The SMILES string of the molecule is CCOc1ccccc1N1CCN(C)C(=O)C1. The van der Waals surface area contributed by atoms with Gasteiger partial charge in [-0.3, -0.25) is 4.79 Å². The molecule has 0 radical (unpaired) electrons. The smallest absolute Gasteiger partial charge is 0.241 e. The van der Waals surface area contributed by atoms with Gasteiger partial charge in [0, 0.05) is 20.1 Å². The molecule has 2 rings (SSSR count). The highest BCUT2D eigenvalue weighted by Gasteiger charge is 2.22. The Morgan fingerprint density at radius 2 is 2.06 bits per heavy atom. The Balaban J connectivity index is 2.19. The molecule has 0 atom stereocenters. The molecule has 0 bridgehead atoms. The van der Waals surface area contributed by atoms with Gasteiger partial charge in [-0.2, -0.15) is 0 Å². The van der Waals surface area contributed by atoms with Crippen molar-refractivity contribution in [2.45, 2.75) is 6.92 Å². The van der Waals surface area contributed by atoms with Gasteiger partial charge in [-0.25, -0.2) is 0 Å². The maximum Gasteiger partial charge on any atom is 0.241 e. The van der Waals surface area contributed by atoms with Crippen molar-refractivity contribution in [1.82, 2.24) is 4.90 Å². The third-order valence-electron chi connectivity index (χ3n) is 2.96. The van der Waals surface area contributed by atoms with Crippen LogP contribution in [-0.2, 0) is 4.79 Å². The van der Waals surface area contributed by atoms with Crippen LogP contribution in [0.2, 0.25) is 0 Å². The highest BCUT2D eigenvalue weighted by atomic mass is 16.5. The van der Waals surface area contributed by atoms with Crippen LogP contribution in [0.25, 0.3) is 0 Å². The predicted octanol–water partition coefficient (Wildman–Crippen LogP) is 1.36. The quantitative estimate of drug-likeness (QED) is 0.791. The van der Waals surface area contributed by atoms with E-state index < -0.39 is 0 Å². The van der Waals surface area contributed by atoms with Crippen molar-refractivity contribution in [2.24, 2.45) is 0 Å². The minimum absolute atomic E-state index is 0.155. The second kappa shape index (κ2) is 5.08. The number of para-hydroxylation sites is 2. The first-order valence-corrected chi connectivity index (χ1v) is 5.93. The lowest BCUT2D eigenvalue weighted by atomic mass is 10.2. The Morgan fingerprint density at radius 3 is 2.76 bits per heavy atom. The van der Waals surface area contributed by atoms with Crippen LogP contribution in [0, 0.1) is 0 Å².